The SMILES string of the molecule is Cc1c(C(O)=C2CC2)cccc1C(F)(F)F. The first-order chi connectivity index (χ1) is 7.41. The smallest absolute Gasteiger partial charge is 0.416 e. The Kier molecular flexibility index (Phi) is 2.45. The Bertz CT molecular complexity index is 452. The molecule has 4 heteroatoms. The van der Waals surface area contributed by atoms with E-state index in [-0.39, 0.29) is 11.3 Å². The number of hydrogen-bond donors (Lipinski definition) is 1. The molecule has 0 amide bonds. The van der Waals surface area contributed by atoms with Gasteiger partial charge in [-0.2, -0.15) is 13.2 Å². The van der Waals surface area contributed by atoms with Gasteiger partial charge in [0.2, 0.25) is 0 Å². The van der Waals surface area contributed by atoms with E-state index in [9.17, 15) is 18.3 Å². The minimum absolute atomic E-state index is 0.0172. The van der Waals surface area contributed by atoms with Gasteiger partial charge in [-0.15, -0.1) is 0 Å². The Hall–Kier alpha value is -1.45. The summed E-state index contributed by atoms with van der Waals surface area (Å²) in [4.78, 5) is 0. The maximum atomic E-state index is 12.6. The van der Waals surface area contributed by atoms with Crippen LogP contribution in [0.2, 0.25) is 0 Å². The molecule has 16 heavy (non-hydrogen) atoms. The van der Waals surface area contributed by atoms with Gasteiger partial charge in [0.1, 0.15) is 5.76 Å². The summed E-state index contributed by atoms with van der Waals surface area (Å²) in [6.45, 7) is 1.39. The summed E-state index contributed by atoms with van der Waals surface area (Å²) in [5.41, 5.74) is 0.537. The van der Waals surface area contributed by atoms with Crippen molar-refractivity contribution in [2.24, 2.45) is 0 Å². The minimum atomic E-state index is -4.37. The summed E-state index contributed by atoms with van der Waals surface area (Å²) < 4.78 is 37.8. The second-order valence-electron chi connectivity index (χ2n) is 3.93. The van der Waals surface area contributed by atoms with E-state index in [0.717, 1.165) is 24.5 Å². The zero-order valence-corrected chi connectivity index (χ0v) is 8.73. The van der Waals surface area contributed by atoms with Crippen LogP contribution in [-0.4, -0.2) is 5.11 Å². The largest absolute Gasteiger partial charge is 0.507 e. The molecule has 0 unspecified atom stereocenters. The van der Waals surface area contributed by atoms with Gasteiger partial charge >= 0.3 is 6.18 Å². The van der Waals surface area contributed by atoms with Crippen molar-refractivity contribution in [3.05, 3.63) is 40.5 Å². The Labute approximate surface area is 91.2 Å². The number of benzene rings is 1. The first-order valence-corrected chi connectivity index (χ1v) is 4.99. The van der Waals surface area contributed by atoms with Crippen LogP contribution in [0.15, 0.2) is 23.8 Å². The summed E-state index contributed by atoms with van der Waals surface area (Å²) in [5, 5.41) is 9.74. The van der Waals surface area contributed by atoms with Crippen molar-refractivity contribution in [2.45, 2.75) is 25.9 Å². The van der Waals surface area contributed by atoms with Crippen LogP contribution in [0.25, 0.3) is 5.76 Å². The van der Waals surface area contributed by atoms with Gasteiger partial charge < -0.3 is 5.11 Å². The summed E-state index contributed by atoms with van der Waals surface area (Å²) >= 11 is 0. The lowest BCUT2D eigenvalue weighted by molar-refractivity contribution is -0.138. The van der Waals surface area contributed by atoms with E-state index in [1.54, 1.807) is 0 Å². The molecule has 1 aliphatic carbocycles. The lowest BCUT2D eigenvalue weighted by Gasteiger charge is -2.13. The first kappa shape index (κ1) is 11.0. The predicted octanol–water partition coefficient (Wildman–Crippen LogP) is 4.08. The monoisotopic (exact) mass is 228 g/mol. The fourth-order valence-electron chi connectivity index (χ4n) is 1.69. The maximum absolute atomic E-state index is 12.6. The summed E-state index contributed by atoms with van der Waals surface area (Å²) in [5.74, 6) is 0.0172. The number of alkyl halides is 3. The summed E-state index contributed by atoms with van der Waals surface area (Å²) in [6, 6.07) is 3.87. The highest BCUT2D eigenvalue weighted by Gasteiger charge is 2.33. The van der Waals surface area contributed by atoms with E-state index >= 15 is 0 Å². The second kappa shape index (κ2) is 3.54. The first-order valence-electron chi connectivity index (χ1n) is 4.99. The van der Waals surface area contributed by atoms with E-state index in [1.807, 2.05) is 0 Å². The lowest BCUT2D eigenvalue weighted by atomic mass is 10.0. The van der Waals surface area contributed by atoms with Gasteiger partial charge in [-0.1, -0.05) is 12.1 Å². The Morgan fingerprint density at radius 2 is 1.88 bits per heavy atom. The maximum Gasteiger partial charge on any atom is 0.416 e. The van der Waals surface area contributed by atoms with Crippen LogP contribution in [0.5, 0.6) is 0 Å². The molecule has 86 valence electrons. The summed E-state index contributed by atoms with van der Waals surface area (Å²) in [6.07, 6.45) is -2.81. The number of aliphatic hydroxyl groups is 1. The molecule has 0 radical (unpaired) electrons. The second-order valence-corrected chi connectivity index (χ2v) is 3.93. The molecule has 1 aromatic rings. The van der Waals surface area contributed by atoms with Gasteiger partial charge in [0, 0.05) is 5.56 Å². The van der Waals surface area contributed by atoms with Crippen molar-refractivity contribution >= 4 is 5.76 Å². The Morgan fingerprint density at radius 1 is 1.25 bits per heavy atom. The van der Waals surface area contributed by atoms with Crippen LogP contribution in [0, 0.1) is 6.92 Å². The number of rotatable bonds is 1. The molecule has 1 N–H and O–H groups in total. The van der Waals surface area contributed by atoms with E-state index < -0.39 is 11.7 Å². The fourth-order valence-corrected chi connectivity index (χ4v) is 1.69. The average Bonchev–Trinajstić information content (AvgIpc) is 2.98. The van der Waals surface area contributed by atoms with Gasteiger partial charge in [-0.05, 0) is 37.0 Å². The molecule has 0 saturated heterocycles. The quantitative estimate of drug-likeness (QED) is 0.718. The van der Waals surface area contributed by atoms with Crippen molar-refractivity contribution in [1.82, 2.24) is 0 Å². The van der Waals surface area contributed by atoms with Crippen LogP contribution >= 0.6 is 0 Å². The standard InChI is InChI=1S/C12H11F3O/c1-7-9(11(16)8-5-6-8)3-2-4-10(7)12(13,14)15/h2-4,16H,5-6H2,1H3. The third-order valence-corrected chi connectivity index (χ3v) is 2.73. The normalized spacial score (nSPS) is 15.1. The third kappa shape index (κ3) is 1.92. The fraction of sp³-hybridized carbons (Fsp3) is 0.333. The van der Waals surface area contributed by atoms with E-state index in [2.05, 4.69) is 0 Å². The Balaban J connectivity index is 2.53. The number of allylic oxidation sites excluding steroid dienone is 1. The molecule has 2 rings (SSSR count). The molecular weight excluding hydrogens is 217 g/mol. The van der Waals surface area contributed by atoms with Crippen LogP contribution in [0.3, 0.4) is 0 Å². The highest BCUT2D eigenvalue weighted by Crippen LogP contribution is 2.39. The van der Waals surface area contributed by atoms with Crippen LogP contribution < -0.4 is 0 Å². The zero-order chi connectivity index (χ0) is 11.9. The molecule has 1 fully saturated rings. The van der Waals surface area contributed by atoms with Crippen molar-refractivity contribution in [1.29, 1.82) is 0 Å². The molecule has 0 bridgehead atoms. The summed E-state index contributed by atoms with van der Waals surface area (Å²) in [7, 11) is 0. The van der Waals surface area contributed by atoms with Crippen LogP contribution in [0.1, 0.15) is 29.5 Å². The molecule has 0 heterocycles. The molecular formula is C12H11F3O. The molecule has 0 spiro atoms. The van der Waals surface area contributed by atoms with Crippen molar-refractivity contribution in [3.8, 4) is 0 Å². The van der Waals surface area contributed by atoms with Gasteiger partial charge in [0.25, 0.3) is 0 Å². The number of aliphatic hydroxyl groups excluding tert-OH is 1. The van der Waals surface area contributed by atoms with E-state index in [4.69, 9.17) is 0 Å². The molecule has 1 aliphatic rings. The zero-order valence-electron chi connectivity index (χ0n) is 8.73. The van der Waals surface area contributed by atoms with Gasteiger partial charge in [-0.25, -0.2) is 0 Å². The predicted molar refractivity (Wildman–Crippen MR) is 55.0 cm³/mol. The van der Waals surface area contributed by atoms with E-state index in [0.29, 0.717) is 5.56 Å². The highest BCUT2D eigenvalue weighted by molar-refractivity contribution is 5.68. The molecule has 0 aliphatic heterocycles. The molecule has 1 nitrogen and oxygen atoms in total. The van der Waals surface area contributed by atoms with Crippen molar-refractivity contribution < 1.29 is 18.3 Å². The molecule has 0 atom stereocenters. The van der Waals surface area contributed by atoms with Crippen molar-refractivity contribution in [2.75, 3.05) is 0 Å². The van der Waals surface area contributed by atoms with Crippen LogP contribution in [-0.2, 0) is 6.18 Å². The molecule has 1 aromatic carbocycles. The van der Waals surface area contributed by atoms with E-state index in [1.165, 1.54) is 19.1 Å². The number of hydrogen-bond acceptors (Lipinski definition) is 1. The molecule has 0 aromatic heterocycles. The van der Waals surface area contributed by atoms with Gasteiger partial charge in [-0.3, -0.25) is 0 Å². The van der Waals surface area contributed by atoms with Gasteiger partial charge in [0.05, 0.1) is 5.56 Å². The lowest BCUT2D eigenvalue weighted by Crippen LogP contribution is -2.08. The molecule has 1 saturated carbocycles. The number of halogens is 3. The topological polar surface area (TPSA) is 20.2 Å². The van der Waals surface area contributed by atoms with Crippen molar-refractivity contribution in [3.63, 3.8) is 0 Å². The van der Waals surface area contributed by atoms with Gasteiger partial charge in [0.15, 0.2) is 0 Å². The third-order valence-electron chi connectivity index (χ3n) is 2.73. The van der Waals surface area contributed by atoms with Crippen LogP contribution in [0.4, 0.5) is 13.2 Å². The minimum Gasteiger partial charge on any atom is -0.507 e. The average molecular weight is 228 g/mol. The Morgan fingerprint density at radius 3 is 2.38 bits per heavy atom. The highest BCUT2D eigenvalue weighted by atomic mass is 19.4.